The predicted octanol–water partition coefficient (Wildman–Crippen LogP) is 5.72. The van der Waals surface area contributed by atoms with Crippen LogP contribution in [0.25, 0.3) is 0 Å². The van der Waals surface area contributed by atoms with Crippen molar-refractivity contribution in [3.05, 3.63) is 23.3 Å². The molecule has 0 aromatic rings. The topological polar surface area (TPSA) is 0 Å². The minimum atomic E-state index is 0.655. The summed E-state index contributed by atoms with van der Waals surface area (Å²) in [5.41, 5.74) is 2.87. The number of rotatable bonds is 8. The summed E-state index contributed by atoms with van der Waals surface area (Å²) in [6.45, 7) is 8.88. The average molecular weight is 243 g/mol. The predicted molar refractivity (Wildman–Crippen MR) is 76.2 cm³/mol. The van der Waals surface area contributed by atoms with E-state index in [1.807, 2.05) is 0 Å². The molecule has 0 bridgehead atoms. The molecule has 0 saturated heterocycles. The van der Waals surface area contributed by atoms with E-state index < -0.39 is 0 Å². The highest BCUT2D eigenvalue weighted by atomic mass is 35.5. The summed E-state index contributed by atoms with van der Waals surface area (Å²) in [7, 11) is 0. The van der Waals surface area contributed by atoms with Gasteiger partial charge in [-0.15, -0.1) is 11.6 Å². The van der Waals surface area contributed by atoms with Crippen LogP contribution in [0, 0.1) is 5.92 Å². The van der Waals surface area contributed by atoms with Crippen LogP contribution in [0.3, 0.4) is 0 Å². The normalized spacial score (nSPS) is 13.7. The molecule has 1 heteroatoms. The molecule has 0 amide bonds. The summed E-state index contributed by atoms with van der Waals surface area (Å²) in [4.78, 5) is 0. The Morgan fingerprint density at radius 3 is 2.38 bits per heavy atom. The third-order valence-electron chi connectivity index (χ3n) is 2.91. The van der Waals surface area contributed by atoms with Gasteiger partial charge in [-0.05, 0) is 52.4 Å². The molecule has 94 valence electrons. The fourth-order valence-electron chi connectivity index (χ4n) is 1.76. The fraction of sp³-hybridized carbons (Fsp3) is 0.733. The molecule has 0 aromatic heterocycles. The van der Waals surface area contributed by atoms with Crippen LogP contribution in [-0.4, -0.2) is 5.88 Å². The third kappa shape index (κ3) is 10.3. The van der Waals surface area contributed by atoms with E-state index in [-0.39, 0.29) is 0 Å². The van der Waals surface area contributed by atoms with E-state index in [1.165, 1.54) is 43.3 Å². The Hall–Kier alpha value is -0.230. The van der Waals surface area contributed by atoms with E-state index in [9.17, 15) is 0 Å². The van der Waals surface area contributed by atoms with Crippen LogP contribution in [0.15, 0.2) is 23.3 Å². The molecule has 1 atom stereocenters. The number of allylic oxidation sites excluding steroid dienone is 4. The molecule has 1 unspecified atom stereocenters. The van der Waals surface area contributed by atoms with Crippen molar-refractivity contribution in [3.8, 4) is 0 Å². The molecule has 0 aromatic carbocycles. The zero-order valence-corrected chi connectivity index (χ0v) is 12.1. The molecule has 0 nitrogen and oxygen atoms in total. The highest BCUT2D eigenvalue weighted by Gasteiger charge is 2.01. The summed E-state index contributed by atoms with van der Waals surface area (Å²) in [6.07, 6.45) is 10.9. The number of halogens is 1. The zero-order chi connectivity index (χ0) is 12.4. The van der Waals surface area contributed by atoms with Gasteiger partial charge < -0.3 is 0 Å². The van der Waals surface area contributed by atoms with E-state index in [1.54, 1.807) is 0 Å². The molecular formula is C15H27Cl. The van der Waals surface area contributed by atoms with Gasteiger partial charge in [-0.3, -0.25) is 0 Å². The Balaban J connectivity index is 3.54. The van der Waals surface area contributed by atoms with Crippen molar-refractivity contribution < 1.29 is 0 Å². The van der Waals surface area contributed by atoms with Crippen LogP contribution >= 0.6 is 11.6 Å². The second-order valence-electron chi connectivity index (χ2n) is 5.06. The lowest BCUT2D eigenvalue weighted by molar-refractivity contribution is 0.478. The van der Waals surface area contributed by atoms with Gasteiger partial charge in [0.15, 0.2) is 0 Å². The number of hydrogen-bond donors (Lipinski definition) is 0. The molecule has 0 heterocycles. The van der Waals surface area contributed by atoms with E-state index in [0.717, 1.165) is 5.92 Å². The maximum absolute atomic E-state index is 5.65. The highest BCUT2D eigenvalue weighted by Crippen LogP contribution is 2.17. The van der Waals surface area contributed by atoms with Gasteiger partial charge in [0, 0.05) is 5.88 Å². The summed E-state index contributed by atoms with van der Waals surface area (Å²) in [6, 6.07) is 0. The van der Waals surface area contributed by atoms with Gasteiger partial charge in [0.1, 0.15) is 0 Å². The third-order valence-corrected chi connectivity index (χ3v) is 3.06. The zero-order valence-electron chi connectivity index (χ0n) is 11.4. The monoisotopic (exact) mass is 242 g/mol. The summed E-state index contributed by atoms with van der Waals surface area (Å²) in [5.74, 6) is 1.50. The maximum Gasteiger partial charge on any atom is 0.0406 e. The van der Waals surface area contributed by atoms with Crippen LogP contribution in [-0.2, 0) is 0 Å². The molecule has 0 radical (unpaired) electrons. The maximum atomic E-state index is 5.65. The van der Waals surface area contributed by atoms with Crippen molar-refractivity contribution in [3.63, 3.8) is 0 Å². The van der Waals surface area contributed by atoms with Crippen molar-refractivity contribution in [1.82, 2.24) is 0 Å². The molecular weight excluding hydrogens is 216 g/mol. The number of alkyl halides is 1. The second-order valence-corrected chi connectivity index (χ2v) is 5.37. The molecule has 0 aliphatic rings. The largest absolute Gasteiger partial charge is 0.122 e. The first-order valence-electron chi connectivity index (χ1n) is 6.41. The highest BCUT2D eigenvalue weighted by molar-refractivity contribution is 6.18. The van der Waals surface area contributed by atoms with Gasteiger partial charge >= 0.3 is 0 Å². The quantitative estimate of drug-likeness (QED) is 0.377. The molecule has 0 aliphatic carbocycles. The standard InChI is InChI=1S/C15H27Cl/c1-13(2)7-5-8-14(3)9-6-10-15(4)11-12-16/h7,11,14H,5-6,8-10,12H2,1-4H3. The lowest BCUT2D eigenvalue weighted by atomic mass is 9.97. The fourth-order valence-corrected chi connectivity index (χ4v) is 2.03. The number of hydrogen-bond acceptors (Lipinski definition) is 0. The summed E-state index contributed by atoms with van der Waals surface area (Å²) >= 11 is 5.65. The van der Waals surface area contributed by atoms with Gasteiger partial charge in [0.25, 0.3) is 0 Å². The minimum absolute atomic E-state index is 0.655. The van der Waals surface area contributed by atoms with E-state index in [0.29, 0.717) is 5.88 Å². The Bertz CT molecular complexity index is 222. The van der Waals surface area contributed by atoms with Crippen molar-refractivity contribution in [2.24, 2.45) is 5.92 Å². The molecule has 0 aliphatic heterocycles. The van der Waals surface area contributed by atoms with E-state index >= 15 is 0 Å². The van der Waals surface area contributed by atoms with Crippen LogP contribution in [0.4, 0.5) is 0 Å². The van der Waals surface area contributed by atoms with Gasteiger partial charge in [-0.25, -0.2) is 0 Å². The van der Waals surface area contributed by atoms with Crippen LogP contribution in [0.2, 0.25) is 0 Å². The Morgan fingerprint density at radius 1 is 1.12 bits per heavy atom. The van der Waals surface area contributed by atoms with Crippen molar-refractivity contribution >= 4 is 11.6 Å². The first kappa shape index (κ1) is 15.8. The Morgan fingerprint density at radius 2 is 1.81 bits per heavy atom. The molecule has 0 N–H and O–H groups in total. The SMILES string of the molecule is CC(C)=CCCC(C)CCCC(C)=CCCl. The molecule has 0 rings (SSSR count). The van der Waals surface area contributed by atoms with Crippen molar-refractivity contribution in [1.29, 1.82) is 0 Å². The molecule has 0 fully saturated rings. The summed E-state index contributed by atoms with van der Waals surface area (Å²) in [5, 5.41) is 0. The average Bonchev–Trinajstić information content (AvgIpc) is 2.17. The van der Waals surface area contributed by atoms with E-state index in [4.69, 9.17) is 11.6 Å². The second kappa shape index (κ2) is 9.96. The van der Waals surface area contributed by atoms with Gasteiger partial charge in [0.05, 0.1) is 0 Å². The molecule has 0 spiro atoms. The minimum Gasteiger partial charge on any atom is -0.122 e. The van der Waals surface area contributed by atoms with Crippen LogP contribution in [0.5, 0.6) is 0 Å². The van der Waals surface area contributed by atoms with Gasteiger partial charge in [0.2, 0.25) is 0 Å². The van der Waals surface area contributed by atoms with Gasteiger partial charge in [-0.2, -0.15) is 0 Å². The van der Waals surface area contributed by atoms with E-state index in [2.05, 4.69) is 39.8 Å². The lowest BCUT2D eigenvalue weighted by Crippen LogP contribution is -1.94. The lowest BCUT2D eigenvalue weighted by Gasteiger charge is -2.10. The van der Waals surface area contributed by atoms with Crippen LogP contribution < -0.4 is 0 Å². The smallest absolute Gasteiger partial charge is 0.0406 e. The van der Waals surface area contributed by atoms with Gasteiger partial charge in [-0.1, -0.05) is 36.6 Å². The van der Waals surface area contributed by atoms with Crippen LogP contribution in [0.1, 0.15) is 59.8 Å². The van der Waals surface area contributed by atoms with Crippen molar-refractivity contribution in [2.75, 3.05) is 5.88 Å². The first-order valence-corrected chi connectivity index (χ1v) is 6.94. The Kier molecular flexibility index (Phi) is 9.82. The molecule has 16 heavy (non-hydrogen) atoms. The Labute approximate surface area is 107 Å². The first-order chi connectivity index (χ1) is 7.56. The molecule has 0 saturated carbocycles. The van der Waals surface area contributed by atoms with Crippen molar-refractivity contribution in [2.45, 2.75) is 59.8 Å². The summed E-state index contributed by atoms with van der Waals surface area (Å²) < 4.78 is 0.